The Balaban J connectivity index is 1.65. The lowest BCUT2D eigenvalue weighted by Gasteiger charge is -2.35. The molecule has 1 aliphatic carbocycles. The highest BCUT2D eigenvalue weighted by Crippen LogP contribution is 2.25. The molecule has 1 atom stereocenters. The standard InChI is InChI=1S/C25H32F2N2O3/c1-17(13-22-23(26)7-4-8-24(22)27)28-25(31)16-29(19-9-11-20(30)12-10-19)15-18-5-3-6-21(14-18)32-2/h3-8,14,17,19-20,30H,9-13,15-16H2,1-2H3,(H,28,31). The average molecular weight is 447 g/mol. The number of ether oxygens (including phenoxy) is 1. The van der Waals surface area contributed by atoms with Gasteiger partial charge in [-0.1, -0.05) is 18.2 Å². The predicted octanol–water partition coefficient (Wildman–Crippen LogP) is 3.83. The van der Waals surface area contributed by atoms with E-state index in [-0.39, 0.29) is 36.6 Å². The van der Waals surface area contributed by atoms with Gasteiger partial charge in [-0.25, -0.2) is 8.78 Å². The van der Waals surface area contributed by atoms with Crippen LogP contribution in [0.1, 0.15) is 43.7 Å². The summed E-state index contributed by atoms with van der Waals surface area (Å²) < 4.78 is 33.2. The number of carbonyl (C=O) groups is 1. The van der Waals surface area contributed by atoms with Gasteiger partial charge in [-0.3, -0.25) is 9.69 Å². The summed E-state index contributed by atoms with van der Waals surface area (Å²) in [5, 5.41) is 12.8. The van der Waals surface area contributed by atoms with Crippen molar-refractivity contribution in [2.75, 3.05) is 13.7 Å². The number of benzene rings is 2. The van der Waals surface area contributed by atoms with Gasteiger partial charge in [0.2, 0.25) is 5.91 Å². The average Bonchev–Trinajstić information content (AvgIpc) is 2.76. The lowest BCUT2D eigenvalue weighted by molar-refractivity contribution is -0.123. The molecule has 0 saturated heterocycles. The van der Waals surface area contributed by atoms with Crippen LogP contribution in [-0.4, -0.2) is 47.8 Å². The molecule has 1 fully saturated rings. The van der Waals surface area contributed by atoms with Gasteiger partial charge in [0.1, 0.15) is 17.4 Å². The second-order valence-electron chi connectivity index (χ2n) is 8.59. The Morgan fingerprint density at radius 3 is 2.47 bits per heavy atom. The van der Waals surface area contributed by atoms with Crippen molar-refractivity contribution in [2.24, 2.45) is 0 Å². The summed E-state index contributed by atoms with van der Waals surface area (Å²) in [6, 6.07) is 11.3. The van der Waals surface area contributed by atoms with E-state index in [4.69, 9.17) is 4.74 Å². The first kappa shape index (κ1) is 24.1. The molecular formula is C25H32F2N2O3. The first-order chi connectivity index (χ1) is 15.4. The number of nitrogens with one attached hydrogen (secondary N) is 1. The molecule has 0 bridgehead atoms. The van der Waals surface area contributed by atoms with Crippen molar-refractivity contribution in [1.29, 1.82) is 0 Å². The van der Waals surface area contributed by atoms with Crippen LogP contribution in [0, 0.1) is 11.6 Å². The molecule has 0 radical (unpaired) electrons. The largest absolute Gasteiger partial charge is 0.497 e. The smallest absolute Gasteiger partial charge is 0.234 e. The predicted molar refractivity (Wildman–Crippen MR) is 119 cm³/mol. The van der Waals surface area contributed by atoms with E-state index in [1.807, 2.05) is 24.3 Å². The highest BCUT2D eigenvalue weighted by Gasteiger charge is 2.27. The van der Waals surface area contributed by atoms with Gasteiger partial charge in [0.15, 0.2) is 0 Å². The van der Waals surface area contributed by atoms with Crippen LogP contribution in [0.4, 0.5) is 8.78 Å². The second-order valence-corrected chi connectivity index (χ2v) is 8.59. The molecule has 0 spiro atoms. The number of amides is 1. The third kappa shape index (κ3) is 6.74. The molecule has 1 saturated carbocycles. The number of carbonyl (C=O) groups excluding carboxylic acids is 1. The Bertz CT molecular complexity index is 880. The number of hydrogen-bond acceptors (Lipinski definition) is 4. The van der Waals surface area contributed by atoms with Crippen LogP contribution >= 0.6 is 0 Å². The SMILES string of the molecule is COc1cccc(CN(CC(=O)NC(C)Cc2c(F)cccc2F)C2CCC(O)CC2)c1. The fourth-order valence-electron chi connectivity index (χ4n) is 4.33. The summed E-state index contributed by atoms with van der Waals surface area (Å²) in [4.78, 5) is 14.9. The Labute approximate surface area is 188 Å². The van der Waals surface area contributed by atoms with E-state index in [9.17, 15) is 18.7 Å². The fraction of sp³-hybridized carbons (Fsp3) is 0.480. The van der Waals surface area contributed by atoms with Gasteiger partial charge in [-0.05, 0) is 68.9 Å². The van der Waals surface area contributed by atoms with Crippen molar-refractivity contribution >= 4 is 5.91 Å². The Morgan fingerprint density at radius 2 is 1.81 bits per heavy atom. The Kier molecular flexibility index (Phi) is 8.59. The van der Waals surface area contributed by atoms with Gasteiger partial charge in [0.05, 0.1) is 19.8 Å². The Hall–Kier alpha value is -2.51. The summed E-state index contributed by atoms with van der Waals surface area (Å²) in [7, 11) is 1.62. The summed E-state index contributed by atoms with van der Waals surface area (Å²) in [6.07, 6.45) is 2.85. The maximum atomic E-state index is 13.9. The molecule has 5 nitrogen and oxygen atoms in total. The summed E-state index contributed by atoms with van der Waals surface area (Å²) in [5.74, 6) is -0.646. The minimum atomic E-state index is -0.605. The third-order valence-corrected chi connectivity index (χ3v) is 6.03. The molecule has 1 amide bonds. The van der Waals surface area contributed by atoms with Gasteiger partial charge in [-0.2, -0.15) is 0 Å². The van der Waals surface area contributed by atoms with Gasteiger partial charge >= 0.3 is 0 Å². The monoisotopic (exact) mass is 446 g/mol. The zero-order valence-electron chi connectivity index (χ0n) is 18.7. The molecule has 2 aromatic rings. The molecule has 0 aliphatic heterocycles. The number of halogens is 2. The van der Waals surface area contributed by atoms with Gasteiger partial charge < -0.3 is 15.2 Å². The Morgan fingerprint density at radius 1 is 1.16 bits per heavy atom. The first-order valence-corrected chi connectivity index (χ1v) is 11.1. The molecule has 0 aromatic heterocycles. The first-order valence-electron chi connectivity index (χ1n) is 11.1. The minimum absolute atomic E-state index is 0.0187. The van der Waals surface area contributed by atoms with Crippen molar-refractivity contribution in [1.82, 2.24) is 10.2 Å². The van der Waals surface area contributed by atoms with E-state index >= 15 is 0 Å². The highest BCUT2D eigenvalue weighted by atomic mass is 19.1. The van der Waals surface area contributed by atoms with E-state index in [1.54, 1.807) is 14.0 Å². The molecule has 3 rings (SSSR count). The number of aliphatic hydroxyl groups excluding tert-OH is 1. The van der Waals surface area contributed by atoms with Crippen molar-refractivity contribution in [3.8, 4) is 5.75 Å². The number of nitrogens with zero attached hydrogens (tertiary/aromatic N) is 1. The van der Waals surface area contributed by atoms with Crippen molar-refractivity contribution in [2.45, 2.75) is 63.8 Å². The molecule has 2 aromatic carbocycles. The molecule has 1 unspecified atom stereocenters. The highest BCUT2D eigenvalue weighted by molar-refractivity contribution is 5.78. The fourth-order valence-corrected chi connectivity index (χ4v) is 4.33. The van der Waals surface area contributed by atoms with Crippen molar-refractivity contribution < 1.29 is 23.4 Å². The molecule has 0 heterocycles. The van der Waals surface area contributed by atoms with Crippen LogP contribution in [0.2, 0.25) is 0 Å². The minimum Gasteiger partial charge on any atom is -0.497 e. The number of hydrogen-bond donors (Lipinski definition) is 2. The van der Waals surface area contributed by atoms with Crippen LogP contribution in [0.15, 0.2) is 42.5 Å². The van der Waals surface area contributed by atoms with Crippen molar-refractivity contribution in [3.63, 3.8) is 0 Å². The summed E-state index contributed by atoms with van der Waals surface area (Å²) in [6.45, 7) is 2.48. The number of rotatable bonds is 9. The van der Waals surface area contributed by atoms with Crippen LogP contribution in [-0.2, 0) is 17.8 Å². The molecule has 7 heteroatoms. The van der Waals surface area contributed by atoms with E-state index in [1.165, 1.54) is 18.2 Å². The van der Waals surface area contributed by atoms with Gasteiger partial charge in [0, 0.05) is 24.2 Å². The van der Waals surface area contributed by atoms with Gasteiger partial charge in [-0.15, -0.1) is 0 Å². The lowest BCUT2D eigenvalue weighted by atomic mass is 9.91. The van der Waals surface area contributed by atoms with E-state index in [0.717, 1.165) is 24.2 Å². The molecule has 32 heavy (non-hydrogen) atoms. The maximum absolute atomic E-state index is 13.9. The van der Waals surface area contributed by atoms with Crippen LogP contribution in [0.5, 0.6) is 5.75 Å². The van der Waals surface area contributed by atoms with E-state index in [0.29, 0.717) is 19.4 Å². The molecule has 2 N–H and O–H groups in total. The van der Waals surface area contributed by atoms with E-state index < -0.39 is 17.7 Å². The third-order valence-electron chi connectivity index (χ3n) is 6.03. The zero-order valence-corrected chi connectivity index (χ0v) is 18.7. The van der Waals surface area contributed by atoms with Crippen LogP contribution < -0.4 is 10.1 Å². The normalized spacial score (nSPS) is 19.6. The van der Waals surface area contributed by atoms with Crippen LogP contribution in [0.3, 0.4) is 0 Å². The zero-order chi connectivity index (χ0) is 23.1. The summed E-state index contributed by atoms with van der Waals surface area (Å²) >= 11 is 0. The topological polar surface area (TPSA) is 61.8 Å². The van der Waals surface area contributed by atoms with E-state index in [2.05, 4.69) is 10.2 Å². The molecular weight excluding hydrogens is 414 g/mol. The van der Waals surface area contributed by atoms with Crippen LogP contribution in [0.25, 0.3) is 0 Å². The van der Waals surface area contributed by atoms with Gasteiger partial charge in [0.25, 0.3) is 0 Å². The number of aliphatic hydroxyl groups is 1. The summed E-state index contributed by atoms with van der Waals surface area (Å²) in [5.41, 5.74) is 1.01. The lowest BCUT2D eigenvalue weighted by Crippen LogP contribution is -2.46. The quantitative estimate of drug-likeness (QED) is 0.615. The van der Waals surface area contributed by atoms with Crippen molar-refractivity contribution in [3.05, 3.63) is 65.2 Å². The number of methoxy groups -OCH3 is 1. The second kappa shape index (κ2) is 11.4. The molecule has 174 valence electrons. The maximum Gasteiger partial charge on any atom is 0.234 e. The molecule has 1 aliphatic rings.